The zero-order valence-corrected chi connectivity index (χ0v) is 13.6. The average Bonchev–Trinajstić information content (AvgIpc) is 2.57. The quantitative estimate of drug-likeness (QED) is 0.843. The van der Waals surface area contributed by atoms with Gasteiger partial charge in [-0.15, -0.1) is 0 Å². The number of anilines is 1. The second-order valence-electron chi connectivity index (χ2n) is 5.63. The van der Waals surface area contributed by atoms with Crippen molar-refractivity contribution in [1.82, 2.24) is 14.9 Å². The van der Waals surface area contributed by atoms with Gasteiger partial charge in [0.2, 0.25) is 5.95 Å². The van der Waals surface area contributed by atoms with E-state index >= 15 is 0 Å². The van der Waals surface area contributed by atoms with Crippen LogP contribution < -0.4 is 4.90 Å². The topological polar surface area (TPSA) is 32.3 Å². The molecule has 4 nitrogen and oxygen atoms in total. The minimum atomic E-state index is -4.45. The largest absolute Gasteiger partial charge is 0.433 e. The highest BCUT2D eigenvalue weighted by atomic mass is 35.5. The summed E-state index contributed by atoms with van der Waals surface area (Å²) < 4.78 is 38.2. The van der Waals surface area contributed by atoms with Crippen molar-refractivity contribution >= 4 is 17.5 Å². The standard InChI is InChI=1S/C16H16ClF3N4/c17-13-3-1-12(2-4-13)11-23-7-9-24(10-8-23)15-21-6-5-14(22-15)16(18,19)20/h1-6H,7-11H2. The summed E-state index contributed by atoms with van der Waals surface area (Å²) in [6.45, 7) is 3.45. The molecule has 0 saturated carbocycles. The Bertz CT molecular complexity index is 682. The van der Waals surface area contributed by atoms with Gasteiger partial charge in [-0.3, -0.25) is 4.90 Å². The first-order valence-electron chi connectivity index (χ1n) is 7.54. The Hall–Kier alpha value is -1.86. The monoisotopic (exact) mass is 356 g/mol. The van der Waals surface area contributed by atoms with Crippen molar-refractivity contribution in [1.29, 1.82) is 0 Å². The second-order valence-corrected chi connectivity index (χ2v) is 6.07. The Balaban J connectivity index is 1.60. The second kappa shape index (κ2) is 6.94. The van der Waals surface area contributed by atoms with Crippen LogP contribution in [0.2, 0.25) is 5.02 Å². The maximum Gasteiger partial charge on any atom is 0.433 e. The lowest BCUT2D eigenvalue weighted by atomic mass is 10.2. The number of piperazine rings is 1. The Morgan fingerprint density at radius 3 is 2.29 bits per heavy atom. The van der Waals surface area contributed by atoms with Crippen LogP contribution in [0.5, 0.6) is 0 Å². The van der Waals surface area contributed by atoms with Crippen LogP contribution in [-0.4, -0.2) is 41.0 Å². The van der Waals surface area contributed by atoms with Gasteiger partial charge in [0, 0.05) is 43.9 Å². The van der Waals surface area contributed by atoms with Crippen LogP contribution in [0.3, 0.4) is 0 Å². The summed E-state index contributed by atoms with van der Waals surface area (Å²) in [7, 11) is 0. The molecule has 1 aliphatic heterocycles. The molecule has 2 heterocycles. The summed E-state index contributed by atoms with van der Waals surface area (Å²) in [5.41, 5.74) is 0.249. The Labute approximate surface area is 142 Å². The van der Waals surface area contributed by atoms with Gasteiger partial charge in [-0.1, -0.05) is 23.7 Å². The fourth-order valence-electron chi connectivity index (χ4n) is 2.61. The van der Waals surface area contributed by atoms with Crippen LogP contribution in [0.1, 0.15) is 11.3 Å². The maximum atomic E-state index is 12.7. The molecule has 1 aliphatic rings. The molecule has 8 heteroatoms. The first-order chi connectivity index (χ1) is 11.4. The van der Waals surface area contributed by atoms with E-state index in [1.54, 1.807) is 4.90 Å². The molecular weight excluding hydrogens is 341 g/mol. The van der Waals surface area contributed by atoms with E-state index in [4.69, 9.17) is 11.6 Å². The van der Waals surface area contributed by atoms with Crippen molar-refractivity contribution < 1.29 is 13.2 Å². The van der Waals surface area contributed by atoms with E-state index in [1.807, 2.05) is 24.3 Å². The lowest BCUT2D eigenvalue weighted by Crippen LogP contribution is -2.46. The fraction of sp³-hybridized carbons (Fsp3) is 0.375. The van der Waals surface area contributed by atoms with Crippen molar-refractivity contribution in [2.45, 2.75) is 12.7 Å². The smallest absolute Gasteiger partial charge is 0.338 e. The van der Waals surface area contributed by atoms with Gasteiger partial charge in [0.05, 0.1) is 0 Å². The highest BCUT2D eigenvalue weighted by molar-refractivity contribution is 6.30. The lowest BCUT2D eigenvalue weighted by molar-refractivity contribution is -0.141. The number of aromatic nitrogens is 2. The predicted octanol–water partition coefficient (Wildman–Crippen LogP) is 3.47. The van der Waals surface area contributed by atoms with E-state index in [2.05, 4.69) is 14.9 Å². The normalized spacial score (nSPS) is 16.4. The molecule has 0 amide bonds. The van der Waals surface area contributed by atoms with E-state index in [9.17, 15) is 13.2 Å². The Morgan fingerprint density at radius 2 is 1.67 bits per heavy atom. The third-order valence-corrected chi connectivity index (χ3v) is 4.16. The molecule has 1 fully saturated rings. The molecule has 0 N–H and O–H groups in total. The zero-order chi connectivity index (χ0) is 17.2. The molecule has 0 aliphatic carbocycles. The molecule has 0 spiro atoms. The molecule has 0 unspecified atom stereocenters. The number of hydrogen-bond acceptors (Lipinski definition) is 4. The first-order valence-corrected chi connectivity index (χ1v) is 7.91. The van der Waals surface area contributed by atoms with Crippen LogP contribution >= 0.6 is 11.6 Å². The van der Waals surface area contributed by atoms with Crippen molar-refractivity contribution in [3.05, 3.63) is 52.8 Å². The van der Waals surface area contributed by atoms with Crippen molar-refractivity contribution in [3.63, 3.8) is 0 Å². The molecule has 24 heavy (non-hydrogen) atoms. The third kappa shape index (κ3) is 4.15. The van der Waals surface area contributed by atoms with E-state index in [-0.39, 0.29) is 5.95 Å². The molecule has 1 aromatic carbocycles. The van der Waals surface area contributed by atoms with Crippen molar-refractivity contribution in [2.24, 2.45) is 0 Å². The molecular formula is C16H16ClF3N4. The van der Waals surface area contributed by atoms with Gasteiger partial charge in [-0.25, -0.2) is 9.97 Å². The number of rotatable bonds is 3. The molecule has 2 aromatic rings. The van der Waals surface area contributed by atoms with E-state index in [0.717, 1.165) is 37.5 Å². The molecule has 1 aromatic heterocycles. The van der Waals surface area contributed by atoms with Gasteiger partial charge < -0.3 is 4.90 Å². The zero-order valence-electron chi connectivity index (χ0n) is 12.8. The molecule has 0 radical (unpaired) electrons. The number of alkyl halides is 3. The van der Waals surface area contributed by atoms with Gasteiger partial charge >= 0.3 is 6.18 Å². The average molecular weight is 357 g/mol. The molecule has 0 bridgehead atoms. The van der Waals surface area contributed by atoms with Gasteiger partial charge in [0.25, 0.3) is 0 Å². The van der Waals surface area contributed by atoms with E-state index in [1.165, 1.54) is 0 Å². The maximum absolute atomic E-state index is 12.7. The van der Waals surface area contributed by atoms with Gasteiger partial charge in [-0.2, -0.15) is 13.2 Å². The Kier molecular flexibility index (Phi) is 4.91. The predicted molar refractivity (Wildman–Crippen MR) is 86.0 cm³/mol. The van der Waals surface area contributed by atoms with Gasteiger partial charge in [-0.05, 0) is 23.8 Å². The van der Waals surface area contributed by atoms with Crippen LogP contribution in [0.15, 0.2) is 36.5 Å². The first kappa shape index (κ1) is 17.0. The summed E-state index contributed by atoms with van der Waals surface area (Å²) in [5, 5.41) is 0.699. The third-order valence-electron chi connectivity index (χ3n) is 3.91. The number of nitrogens with zero attached hydrogens (tertiary/aromatic N) is 4. The van der Waals surface area contributed by atoms with Crippen LogP contribution in [0.25, 0.3) is 0 Å². The van der Waals surface area contributed by atoms with Crippen LogP contribution in [-0.2, 0) is 12.7 Å². The number of hydrogen-bond donors (Lipinski definition) is 0. The minimum absolute atomic E-state index is 0.135. The fourth-order valence-corrected chi connectivity index (χ4v) is 2.74. The molecule has 1 saturated heterocycles. The molecule has 3 rings (SSSR count). The van der Waals surface area contributed by atoms with E-state index in [0.29, 0.717) is 18.1 Å². The van der Waals surface area contributed by atoms with E-state index < -0.39 is 11.9 Å². The Morgan fingerprint density at radius 1 is 1.00 bits per heavy atom. The highest BCUT2D eigenvalue weighted by Gasteiger charge is 2.33. The van der Waals surface area contributed by atoms with Crippen LogP contribution in [0.4, 0.5) is 19.1 Å². The van der Waals surface area contributed by atoms with Crippen LogP contribution in [0, 0.1) is 0 Å². The van der Waals surface area contributed by atoms with Crippen molar-refractivity contribution in [3.8, 4) is 0 Å². The number of halogens is 4. The summed E-state index contributed by atoms with van der Waals surface area (Å²) in [6, 6.07) is 8.54. The summed E-state index contributed by atoms with van der Waals surface area (Å²) in [4.78, 5) is 11.6. The summed E-state index contributed by atoms with van der Waals surface area (Å²) >= 11 is 5.87. The van der Waals surface area contributed by atoms with Gasteiger partial charge in [0.15, 0.2) is 0 Å². The number of benzene rings is 1. The lowest BCUT2D eigenvalue weighted by Gasteiger charge is -2.34. The SMILES string of the molecule is FC(F)(F)c1ccnc(N2CCN(Cc3ccc(Cl)cc3)CC2)n1. The summed E-state index contributed by atoms with van der Waals surface area (Å²) in [5.74, 6) is 0.135. The molecule has 128 valence electrons. The minimum Gasteiger partial charge on any atom is -0.338 e. The van der Waals surface area contributed by atoms with Crippen molar-refractivity contribution in [2.75, 3.05) is 31.1 Å². The highest BCUT2D eigenvalue weighted by Crippen LogP contribution is 2.28. The molecule has 0 atom stereocenters. The summed E-state index contributed by atoms with van der Waals surface area (Å²) in [6.07, 6.45) is -3.29. The van der Waals surface area contributed by atoms with Gasteiger partial charge in [0.1, 0.15) is 5.69 Å².